The summed E-state index contributed by atoms with van der Waals surface area (Å²) in [5, 5.41) is 14.2. The van der Waals surface area contributed by atoms with E-state index in [0.717, 1.165) is 12.3 Å². The van der Waals surface area contributed by atoms with Gasteiger partial charge in [0.25, 0.3) is 5.69 Å². The van der Waals surface area contributed by atoms with Crippen molar-refractivity contribution in [3.63, 3.8) is 0 Å². The molecule has 0 aromatic heterocycles. The number of nitro benzene ring substituents is 1. The zero-order chi connectivity index (χ0) is 15.1. The molecule has 1 aromatic carbocycles. The van der Waals surface area contributed by atoms with Gasteiger partial charge in [-0.15, -0.1) is 0 Å². The highest BCUT2D eigenvalue weighted by Gasteiger charge is 2.21. The van der Waals surface area contributed by atoms with Crippen molar-refractivity contribution < 1.29 is 4.92 Å². The van der Waals surface area contributed by atoms with Crippen LogP contribution in [0.3, 0.4) is 0 Å². The number of nitro groups is 1. The Morgan fingerprint density at radius 3 is 2.24 bits per heavy atom. The lowest BCUT2D eigenvalue weighted by Gasteiger charge is -2.28. The van der Waals surface area contributed by atoms with Crippen LogP contribution in [0.5, 0.6) is 0 Å². The molecule has 1 saturated carbocycles. The lowest BCUT2D eigenvalue weighted by atomic mass is 9.83. The van der Waals surface area contributed by atoms with Crippen LogP contribution in [0.2, 0.25) is 0 Å². The Balaban J connectivity index is 1.98. The van der Waals surface area contributed by atoms with Crippen molar-refractivity contribution >= 4 is 5.69 Å². The lowest BCUT2D eigenvalue weighted by molar-refractivity contribution is -0.384. The zero-order valence-corrected chi connectivity index (χ0v) is 12.9. The molecule has 0 radical (unpaired) electrons. The molecule has 0 spiro atoms. The summed E-state index contributed by atoms with van der Waals surface area (Å²) in [5.74, 6) is 0.727. The minimum atomic E-state index is -0.339. The first-order valence-electron chi connectivity index (χ1n) is 8.11. The van der Waals surface area contributed by atoms with Crippen molar-refractivity contribution in [2.75, 3.05) is 7.05 Å². The average molecular weight is 290 g/mol. The molecule has 1 atom stereocenters. The van der Waals surface area contributed by atoms with E-state index in [9.17, 15) is 10.1 Å². The fraction of sp³-hybridized carbons (Fsp3) is 0.647. The van der Waals surface area contributed by atoms with E-state index >= 15 is 0 Å². The van der Waals surface area contributed by atoms with Gasteiger partial charge >= 0.3 is 0 Å². The molecular formula is C17H26N2O2. The number of hydrogen-bond donors (Lipinski definition) is 1. The SMILES string of the molecule is CNC(Cc1ccc([N+](=O)[O-])cc1)C1CCCCCCC1. The molecule has 2 rings (SSSR count). The topological polar surface area (TPSA) is 55.2 Å². The van der Waals surface area contributed by atoms with Crippen LogP contribution in [0.4, 0.5) is 5.69 Å². The predicted octanol–water partition coefficient (Wildman–Crippen LogP) is 4.09. The molecule has 21 heavy (non-hydrogen) atoms. The van der Waals surface area contributed by atoms with Crippen LogP contribution in [0, 0.1) is 16.0 Å². The van der Waals surface area contributed by atoms with E-state index in [2.05, 4.69) is 5.32 Å². The molecule has 0 heterocycles. The second-order valence-electron chi connectivity index (χ2n) is 6.13. The Hall–Kier alpha value is -1.42. The fourth-order valence-corrected chi connectivity index (χ4v) is 3.40. The third-order valence-electron chi connectivity index (χ3n) is 4.69. The number of rotatable bonds is 5. The summed E-state index contributed by atoms with van der Waals surface area (Å²) in [6.07, 6.45) is 10.4. The van der Waals surface area contributed by atoms with Gasteiger partial charge in [0.15, 0.2) is 0 Å². The Morgan fingerprint density at radius 1 is 1.14 bits per heavy atom. The van der Waals surface area contributed by atoms with Crippen molar-refractivity contribution in [3.05, 3.63) is 39.9 Å². The first kappa shape index (κ1) is 16.0. The molecular weight excluding hydrogens is 264 g/mol. The molecule has 1 fully saturated rings. The summed E-state index contributed by atoms with van der Waals surface area (Å²) >= 11 is 0. The Bertz CT molecular complexity index is 437. The largest absolute Gasteiger partial charge is 0.316 e. The van der Waals surface area contributed by atoms with E-state index in [0.29, 0.717) is 6.04 Å². The van der Waals surface area contributed by atoms with Crippen molar-refractivity contribution in [2.45, 2.75) is 57.4 Å². The second-order valence-corrected chi connectivity index (χ2v) is 6.13. The van der Waals surface area contributed by atoms with Crippen LogP contribution >= 0.6 is 0 Å². The average Bonchev–Trinajstić information content (AvgIpc) is 2.45. The fourth-order valence-electron chi connectivity index (χ4n) is 3.40. The van der Waals surface area contributed by atoms with Crippen LogP contribution in [-0.4, -0.2) is 18.0 Å². The number of hydrogen-bond acceptors (Lipinski definition) is 3. The molecule has 4 heteroatoms. The molecule has 1 aliphatic carbocycles. The van der Waals surface area contributed by atoms with E-state index in [1.165, 1.54) is 50.5 Å². The van der Waals surface area contributed by atoms with Gasteiger partial charge < -0.3 is 5.32 Å². The Labute approximate surface area is 127 Å². The summed E-state index contributed by atoms with van der Waals surface area (Å²) < 4.78 is 0. The van der Waals surface area contributed by atoms with E-state index < -0.39 is 0 Å². The van der Waals surface area contributed by atoms with Crippen LogP contribution in [-0.2, 0) is 6.42 Å². The van der Waals surface area contributed by atoms with Gasteiger partial charge in [-0.3, -0.25) is 10.1 Å². The van der Waals surface area contributed by atoms with Gasteiger partial charge in [0, 0.05) is 18.2 Å². The molecule has 4 nitrogen and oxygen atoms in total. The minimum absolute atomic E-state index is 0.172. The maximum absolute atomic E-state index is 10.7. The summed E-state index contributed by atoms with van der Waals surface area (Å²) in [6, 6.07) is 7.49. The molecule has 116 valence electrons. The molecule has 0 aliphatic heterocycles. The third-order valence-corrected chi connectivity index (χ3v) is 4.69. The van der Waals surface area contributed by atoms with Crippen molar-refractivity contribution in [3.8, 4) is 0 Å². The zero-order valence-electron chi connectivity index (χ0n) is 12.9. The van der Waals surface area contributed by atoms with Gasteiger partial charge in [-0.05, 0) is 37.8 Å². The molecule has 0 bridgehead atoms. The predicted molar refractivity (Wildman–Crippen MR) is 85.5 cm³/mol. The number of nitrogens with one attached hydrogen (secondary N) is 1. The van der Waals surface area contributed by atoms with Crippen LogP contribution < -0.4 is 5.32 Å². The van der Waals surface area contributed by atoms with Gasteiger partial charge in [-0.1, -0.05) is 44.2 Å². The van der Waals surface area contributed by atoms with Gasteiger partial charge in [-0.2, -0.15) is 0 Å². The summed E-state index contributed by atoms with van der Waals surface area (Å²) in [4.78, 5) is 10.4. The van der Waals surface area contributed by atoms with Crippen LogP contribution in [0.25, 0.3) is 0 Å². The van der Waals surface area contributed by atoms with E-state index in [-0.39, 0.29) is 10.6 Å². The summed E-state index contributed by atoms with van der Waals surface area (Å²) in [6.45, 7) is 0. The highest BCUT2D eigenvalue weighted by Crippen LogP contribution is 2.26. The Kier molecular flexibility index (Phi) is 6.18. The summed E-state index contributed by atoms with van der Waals surface area (Å²) in [5.41, 5.74) is 1.35. The molecule has 1 unspecified atom stereocenters. The van der Waals surface area contributed by atoms with Crippen molar-refractivity contribution in [2.24, 2.45) is 5.92 Å². The van der Waals surface area contributed by atoms with Crippen molar-refractivity contribution in [1.29, 1.82) is 0 Å². The number of non-ortho nitro benzene ring substituents is 1. The third kappa shape index (κ3) is 4.81. The highest BCUT2D eigenvalue weighted by molar-refractivity contribution is 5.33. The quantitative estimate of drug-likeness (QED) is 0.656. The second kappa shape index (κ2) is 8.13. The first-order chi connectivity index (χ1) is 10.2. The normalized spacial score (nSPS) is 18.7. The van der Waals surface area contributed by atoms with Crippen LogP contribution in [0.1, 0.15) is 50.5 Å². The van der Waals surface area contributed by atoms with Crippen molar-refractivity contribution in [1.82, 2.24) is 5.32 Å². The summed E-state index contributed by atoms with van der Waals surface area (Å²) in [7, 11) is 2.04. The highest BCUT2D eigenvalue weighted by atomic mass is 16.6. The molecule has 1 aliphatic rings. The molecule has 0 saturated heterocycles. The molecule has 1 aromatic rings. The van der Waals surface area contributed by atoms with Crippen LogP contribution in [0.15, 0.2) is 24.3 Å². The van der Waals surface area contributed by atoms with Gasteiger partial charge in [0.2, 0.25) is 0 Å². The smallest absolute Gasteiger partial charge is 0.269 e. The van der Waals surface area contributed by atoms with Gasteiger partial charge in [0.05, 0.1) is 4.92 Å². The number of likely N-dealkylation sites (N-methyl/N-ethyl adjacent to an activating group) is 1. The maximum atomic E-state index is 10.7. The van der Waals surface area contributed by atoms with E-state index in [1.54, 1.807) is 12.1 Å². The van der Waals surface area contributed by atoms with Gasteiger partial charge in [0.1, 0.15) is 0 Å². The first-order valence-corrected chi connectivity index (χ1v) is 8.11. The maximum Gasteiger partial charge on any atom is 0.269 e. The Morgan fingerprint density at radius 2 is 1.71 bits per heavy atom. The molecule has 0 amide bonds. The van der Waals surface area contributed by atoms with E-state index in [1.807, 2.05) is 19.2 Å². The monoisotopic (exact) mass is 290 g/mol. The standard InChI is InChI=1S/C17H26N2O2/c1-18-17(15-7-5-3-2-4-6-8-15)13-14-9-11-16(12-10-14)19(20)21/h9-12,15,17-18H,2-8,13H2,1H3. The van der Waals surface area contributed by atoms with Gasteiger partial charge in [-0.25, -0.2) is 0 Å². The number of benzene rings is 1. The minimum Gasteiger partial charge on any atom is -0.316 e. The lowest BCUT2D eigenvalue weighted by Crippen LogP contribution is -2.36. The number of nitrogens with zero attached hydrogens (tertiary/aromatic N) is 1. The van der Waals surface area contributed by atoms with E-state index in [4.69, 9.17) is 0 Å². The molecule has 1 N–H and O–H groups in total.